The number of hydrogen-bond acceptors (Lipinski definition) is 6. The number of pyridine rings is 1. The molecule has 0 bridgehead atoms. The molecule has 3 aromatic rings. The molecule has 1 amide bonds. The maximum Gasteiger partial charge on any atom is 0.325 e. The van der Waals surface area contributed by atoms with Gasteiger partial charge in [0, 0.05) is 44.1 Å². The van der Waals surface area contributed by atoms with Crippen molar-refractivity contribution in [3.05, 3.63) is 42.7 Å². The number of nitrogen functional groups attached to an aromatic ring is 1. The van der Waals surface area contributed by atoms with Gasteiger partial charge >= 0.3 is 6.03 Å². The molecule has 0 fully saturated rings. The molecule has 3 N–H and O–H groups in total. The fourth-order valence-electron chi connectivity index (χ4n) is 2.49. The molecule has 3 rings (SSSR count). The number of anilines is 1. The number of fused-ring (bicyclic) bond motifs is 1. The number of carbonyl (C=O) groups excluding carboxylic acids is 1. The molecule has 0 unspecified atom stereocenters. The van der Waals surface area contributed by atoms with Crippen LogP contribution in [0.4, 0.5) is 10.6 Å². The van der Waals surface area contributed by atoms with Gasteiger partial charge < -0.3 is 25.3 Å². The van der Waals surface area contributed by atoms with Crippen LogP contribution in [0.3, 0.4) is 0 Å². The SMILES string of the molecule is CNC(=O)n1ccc2cc(Oc3ccnc(N)c3)c(OCCOC)cc21. The summed E-state index contributed by atoms with van der Waals surface area (Å²) >= 11 is 0. The standard InChI is InChI=1S/C18H20N4O4/c1-20-18(23)22-6-4-12-9-16(26-13-3-5-21-17(19)10-13)15(11-14(12)22)25-8-7-24-2/h3-6,9-11H,7-8H2,1-2H3,(H2,19,21)(H,20,23). The summed E-state index contributed by atoms with van der Waals surface area (Å²) < 4.78 is 18.2. The Morgan fingerprint density at radius 2 is 2.08 bits per heavy atom. The van der Waals surface area contributed by atoms with Crippen molar-refractivity contribution in [3.63, 3.8) is 0 Å². The van der Waals surface area contributed by atoms with Crippen LogP contribution in [0.15, 0.2) is 42.7 Å². The van der Waals surface area contributed by atoms with Gasteiger partial charge in [0.1, 0.15) is 18.2 Å². The third-order valence-electron chi connectivity index (χ3n) is 3.71. The molecule has 1 aromatic carbocycles. The number of methoxy groups -OCH3 is 1. The number of ether oxygens (including phenoxy) is 3. The Labute approximate surface area is 150 Å². The Morgan fingerprint density at radius 3 is 2.81 bits per heavy atom. The lowest BCUT2D eigenvalue weighted by atomic mass is 10.2. The highest BCUT2D eigenvalue weighted by atomic mass is 16.5. The molecule has 2 aromatic heterocycles. The van der Waals surface area contributed by atoms with Crippen molar-refractivity contribution >= 4 is 22.8 Å². The van der Waals surface area contributed by atoms with Gasteiger partial charge in [0.2, 0.25) is 0 Å². The lowest BCUT2D eigenvalue weighted by molar-refractivity contribution is 0.145. The third kappa shape index (κ3) is 3.70. The molecular formula is C18H20N4O4. The fourth-order valence-corrected chi connectivity index (χ4v) is 2.49. The van der Waals surface area contributed by atoms with Crippen molar-refractivity contribution in [2.45, 2.75) is 0 Å². The van der Waals surface area contributed by atoms with Crippen LogP contribution in [0.1, 0.15) is 0 Å². The third-order valence-corrected chi connectivity index (χ3v) is 3.71. The lowest BCUT2D eigenvalue weighted by Crippen LogP contribution is -2.23. The van der Waals surface area contributed by atoms with Crippen LogP contribution in [0.2, 0.25) is 0 Å². The van der Waals surface area contributed by atoms with E-state index in [1.807, 2.05) is 12.1 Å². The molecule has 2 heterocycles. The van der Waals surface area contributed by atoms with E-state index in [4.69, 9.17) is 19.9 Å². The van der Waals surface area contributed by atoms with E-state index in [9.17, 15) is 4.79 Å². The summed E-state index contributed by atoms with van der Waals surface area (Å²) in [5.74, 6) is 1.90. The van der Waals surface area contributed by atoms with Gasteiger partial charge in [-0.05, 0) is 18.2 Å². The number of rotatable bonds is 6. The summed E-state index contributed by atoms with van der Waals surface area (Å²) in [6.07, 6.45) is 3.26. The van der Waals surface area contributed by atoms with Crippen molar-refractivity contribution in [2.24, 2.45) is 0 Å². The molecule has 136 valence electrons. The van der Waals surface area contributed by atoms with Gasteiger partial charge in [-0.2, -0.15) is 0 Å². The molecule has 0 aliphatic rings. The highest BCUT2D eigenvalue weighted by Crippen LogP contribution is 2.36. The number of carbonyl (C=O) groups is 1. The topological polar surface area (TPSA) is 101 Å². The smallest absolute Gasteiger partial charge is 0.325 e. The second kappa shape index (κ2) is 7.75. The summed E-state index contributed by atoms with van der Waals surface area (Å²) in [7, 11) is 3.18. The van der Waals surface area contributed by atoms with Crippen LogP contribution in [-0.4, -0.2) is 43.0 Å². The Balaban J connectivity index is 2.01. The summed E-state index contributed by atoms with van der Waals surface area (Å²) in [4.78, 5) is 16.0. The number of nitrogens with two attached hydrogens (primary N) is 1. The summed E-state index contributed by atoms with van der Waals surface area (Å²) in [6.45, 7) is 0.772. The second-order valence-corrected chi connectivity index (χ2v) is 5.46. The van der Waals surface area contributed by atoms with Crippen LogP contribution >= 0.6 is 0 Å². The van der Waals surface area contributed by atoms with Crippen LogP contribution < -0.4 is 20.5 Å². The maximum absolute atomic E-state index is 12.0. The van der Waals surface area contributed by atoms with Crippen molar-refractivity contribution < 1.29 is 19.0 Å². The summed E-state index contributed by atoms with van der Waals surface area (Å²) in [5, 5.41) is 3.44. The van der Waals surface area contributed by atoms with Crippen molar-refractivity contribution in [3.8, 4) is 17.2 Å². The Hall–Kier alpha value is -3.26. The minimum Gasteiger partial charge on any atom is -0.487 e. The summed E-state index contributed by atoms with van der Waals surface area (Å²) in [5.41, 5.74) is 6.41. The van der Waals surface area contributed by atoms with Crippen molar-refractivity contribution in [1.82, 2.24) is 14.9 Å². The molecule has 0 spiro atoms. The molecule has 8 heteroatoms. The second-order valence-electron chi connectivity index (χ2n) is 5.46. The predicted octanol–water partition coefficient (Wildman–Crippen LogP) is 2.62. The molecule has 8 nitrogen and oxygen atoms in total. The molecule has 0 radical (unpaired) electrons. The van der Waals surface area contributed by atoms with Gasteiger partial charge in [-0.3, -0.25) is 4.57 Å². The van der Waals surface area contributed by atoms with Gasteiger partial charge in [0.05, 0.1) is 12.1 Å². The average molecular weight is 356 g/mol. The van der Waals surface area contributed by atoms with E-state index in [0.717, 1.165) is 5.39 Å². The van der Waals surface area contributed by atoms with E-state index >= 15 is 0 Å². The van der Waals surface area contributed by atoms with E-state index in [0.29, 0.717) is 41.8 Å². The average Bonchev–Trinajstić information content (AvgIpc) is 3.04. The molecule has 0 aliphatic carbocycles. The normalized spacial score (nSPS) is 10.7. The van der Waals surface area contributed by atoms with Gasteiger partial charge in [-0.25, -0.2) is 9.78 Å². The first-order chi connectivity index (χ1) is 12.6. The van der Waals surface area contributed by atoms with Crippen molar-refractivity contribution in [2.75, 3.05) is 33.1 Å². The molecule has 0 saturated heterocycles. The Morgan fingerprint density at radius 1 is 1.23 bits per heavy atom. The molecular weight excluding hydrogens is 336 g/mol. The minimum atomic E-state index is -0.238. The molecule has 0 saturated carbocycles. The number of nitrogens with one attached hydrogen (secondary N) is 1. The number of hydrogen-bond donors (Lipinski definition) is 2. The molecule has 0 aliphatic heterocycles. The molecule has 26 heavy (non-hydrogen) atoms. The van der Waals surface area contributed by atoms with Crippen LogP contribution in [0.5, 0.6) is 17.2 Å². The monoisotopic (exact) mass is 356 g/mol. The highest BCUT2D eigenvalue weighted by molar-refractivity contribution is 5.93. The van der Waals surface area contributed by atoms with E-state index in [-0.39, 0.29) is 6.03 Å². The first kappa shape index (κ1) is 17.6. The first-order valence-corrected chi connectivity index (χ1v) is 8.00. The number of aromatic nitrogens is 2. The highest BCUT2D eigenvalue weighted by Gasteiger charge is 2.14. The van der Waals surface area contributed by atoms with Crippen LogP contribution in [0.25, 0.3) is 10.9 Å². The zero-order valence-electron chi connectivity index (χ0n) is 14.6. The number of nitrogens with zero attached hydrogens (tertiary/aromatic N) is 2. The molecule has 0 atom stereocenters. The van der Waals surface area contributed by atoms with E-state index in [1.54, 1.807) is 44.8 Å². The van der Waals surface area contributed by atoms with Gasteiger partial charge in [0.25, 0.3) is 0 Å². The minimum absolute atomic E-state index is 0.238. The lowest BCUT2D eigenvalue weighted by Gasteiger charge is -2.14. The number of amides is 1. The van der Waals surface area contributed by atoms with E-state index in [2.05, 4.69) is 10.3 Å². The van der Waals surface area contributed by atoms with Gasteiger partial charge in [-0.1, -0.05) is 0 Å². The number of benzene rings is 1. The largest absolute Gasteiger partial charge is 0.487 e. The summed E-state index contributed by atoms with van der Waals surface area (Å²) in [6, 6.07) is 8.50. The zero-order chi connectivity index (χ0) is 18.5. The predicted molar refractivity (Wildman–Crippen MR) is 97.9 cm³/mol. The Bertz CT molecular complexity index is 923. The van der Waals surface area contributed by atoms with Crippen molar-refractivity contribution in [1.29, 1.82) is 0 Å². The quantitative estimate of drug-likeness (QED) is 0.659. The first-order valence-electron chi connectivity index (χ1n) is 8.00. The maximum atomic E-state index is 12.0. The van der Waals surface area contributed by atoms with E-state index in [1.165, 1.54) is 4.57 Å². The van der Waals surface area contributed by atoms with Gasteiger partial charge in [0.15, 0.2) is 11.5 Å². The Kier molecular flexibility index (Phi) is 5.23. The van der Waals surface area contributed by atoms with E-state index < -0.39 is 0 Å². The van der Waals surface area contributed by atoms with Gasteiger partial charge in [-0.15, -0.1) is 0 Å². The van der Waals surface area contributed by atoms with Crippen LogP contribution in [0, 0.1) is 0 Å². The van der Waals surface area contributed by atoms with Crippen LogP contribution in [-0.2, 0) is 4.74 Å². The fraction of sp³-hybridized carbons (Fsp3) is 0.222. The zero-order valence-corrected chi connectivity index (χ0v) is 14.6.